The summed E-state index contributed by atoms with van der Waals surface area (Å²) in [4.78, 5) is 21.4. The molecule has 1 amide bonds. The number of carboxylic acid groups (broad SMARTS) is 1. The normalized spacial score (nSPS) is 12.2. The molecule has 0 aliphatic carbocycles. The van der Waals surface area contributed by atoms with Crippen molar-refractivity contribution in [2.24, 2.45) is 0 Å². The summed E-state index contributed by atoms with van der Waals surface area (Å²) in [7, 11) is 0. The third kappa shape index (κ3) is 5.81. The van der Waals surface area contributed by atoms with Crippen LogP contribution in [0.4, 0.5) is 0 Å². The van der Waals surface area contributed by atoms with Crippen LogP contribution in [0, 0.1) is 0 Å². The van der Waals surface area contributed by atoms with Gasteiger partial charge in [-0.25, -0.2) is 4.79 Å². The smallest absolute Gasteiger partial charge is 0.327 e. The van der Waals surface area contributed by atoms with E-state index in [1.165, 1.54) is 11.8 Å². The largest absolute Gasteiger partial charge is 0.480 e. The molecule has 0 aromatic heterocycles. The number of amides is 1. The highest BCUT2D eigenvalue weighted by Crippen LogP contribution is 2.02. The Morgan fingerprint density at radius 3 is 2.62 bits per heavy atom. The number of nitrogens with one attached hydrogen (secondary N) is 1. The Morgan fingerprint density at radius 1 is 1.62 bits per heavy atom. The lowest BCUT2D eigenvalue weighted by atomic mass is 10.3. The van der Waals surface area contributed by atoms with Gasteiger partial charge in [0.1, 0.15) is 6.04 Å². The third-order valence-corrected chi connectivity index (χ3v) is 2.53. The van der Waals surface area contributed by atoms with E-state index in [9.17, 15) is 9.59 Å². The molecule has 0 aromatic carbocycles. The van der Waals surface area contributed by atoms with Crippen molar-refractivity contribution in [1.29, 1.82) is 0 Å². The number of carbonyl (C=O) groups excluding carboxylic acids is 1. The summed E-state index contributed by atoms with van der Waals surface area (Å²) in [6.45, 7) is 1.93. The maximum Gasteiger partial charge on any atom is 0.327 e. The molecule has 6 heteroatoms. The first-order valence-corrected chi connectivity index (χ1v) is 5.61. The monoisotopic (exact) mass is 223 g/mol. The summed E-state index contributed by atoms with van der Waals surface area (Å²) in [5, 5.41) is 11.1. The molecule has 0 aliphatic rings. The quantitative estimate of drug-likeness (QED) is 0.564. The minimum atomic E-state index is -1.00. The summed E-state index contributed by atoms with van der Waals surface area (Å²) in [6.07, 6.45) is 0. The molecule has 0 heterocycles. The van der Waals surface area contributed by atoms with E-state index in [1.807, 2.05) is 6.92 Å². The number of hydrogen-bond donors (Lipinski definition) is 3. The summed E-state index contributed by atoms with van der Waals surface area (Å²) >= 11 is 5.21. The van der Waals surface area contributed by atoms with E-state index in [0.717, 1.165) is 5.75 Å². The van der Waals surface area contributed by atoms with Crippen LogP contribution in [0.15, 0.2) is 0 Å². The summed E-state index contributed by atoms with van der Waals surface area (Å²) in [5.74, 6) is -0.115. The van der Waals surface area contributed by atoms with E-state index in [4.69, 9.17) is 5.11 Å². The van der Waals surface area contributed by atoms with Crippen LogP contribution in [-0.4, -0.2) is 40.3 Å². The van der Waals surface area contributed by atoms with Gasteiger partial charge in [-0.15, -0.1) is 0 Å². The summed E-state index contributed by atoms with van der Waals surface area (Å²) in [6, 6.07) is -0.801. The predicted molar refractivity (Wildman–Crippen MR) is 56.4 cm³/mol. The van der Waals surface area contributed by atoms with E-state index in [2.05, 4.69) is 17.9 Å². The molecule has 0 fully saturated rings. The molecular weight excluding hydrogens is 210 g/mol. The fourth-order valence-electron chi connectivity index (χ4n) is 0.650. The zero-order chi connectivity index (χ0) is 10.3. The first kappa shape index (κ1) is 12.6. The number of rotatable bonds is 6. The van der Waals surface area contributed by atoms with Crippen molar-refractivity contribution < 1.29 is 14.7 Å². The zero-order valence-corrected chi connectivity index (χ0v) is 9.03. The van der Waals surface area contributed by atoms with Gasteiger partial charge in [0.2, 0.25) is 5.91 Å². The van der Waals surface area contributed by atoms with Gasteiger partial charge in [-0.05, 0) is 5.75 Å². The van der Waals surface area contributed by atoms with Crippen LogP contribution >= 0.6 is 24.4 Å². The maximum absolute atomic E-state index is 10.8. The molecule has 0 radical (unpaired) electrons. The second-order valence-corrected chi connectivity index (χ2v) is 3.91. The number of hydrogen-bond acceptors (Lipinski definition) is 4. The number of carboxylic acids is 1. The number of carbonyl (C=O) groups is 2. The molecule has 2 N–H and O–H groups in total. The van der Waals surface area contributed by atoms with Gasteiger partial charge >= 0.3 is 5.97 Å². The lowest BCUT2D eigenvalue weighted by molar-refractivity contribution is -0.140. The predicted octanol–water partition coefficient (Wildman–Crippen LogP) is 0.239. The van der Waals surface area contributed by atoms with Crippen LogP contribution in [-0.2, 0) is 9.59 Å². The third-order valence-electron chi connectivity index (χ3n) is 1.27. The van der Waals surface area contributed by atoms with Crippen LogP contribution < -0.4 is 5.32 Å². The minimum absolute atomic E-state index is 0.0145. The Labute approximate surface area is 86.9 Å². The van der Waals surface area contributed by atoms with Gasteiger partial charge in [-0.2, -0.15) is 24.4 Å². The Balaban J connectivity index is 3.94. The standard InChI is InChI=1S/C7H13NO3S2/c1-2-13-4-5(7(10)11)8-6(9)3-12/h5,12H,2-4H2,1H3,(H,8,9)(H,10,11). The first-order chi connectivity index (χ1) is 6.11. The lowest BCUT2D eigenvalue weighted by Gasteiger charge is -2.12. The summed E-state index contributed by atoms with van der Waals surface area (Å²) in [5.41, 5.74) is 0. The fraction of sp³-hybridized carbons (Fsp3) is 0.714. The van der Waals surface area contributed by atoms with Crippen molar-refractivity contribution in [1.82, 2.24) is 5.32 Å². The van der Waals surface area contributed by atoms with Gasteiger partial charge in [0, 0.05) is 5.75 Å². The molecule has 4 nitrogen and oxygen atoms in total. The first-order valence-electron chi connectivity index (χ1n) is 3.82. The topological polar surface area (TPSA) is 66.4 Å². The number of thioether (sulfide) groups is 1. The Hall–Kier alpha value is -0.360. The average Bonchev–Trinajstić information content (AvgIpc) is 2.11. The summed E-state index contributed by atoms with van der Waals surface area (Å²) < 4.78 is 0. The van der Waals surface area contributed by atoms with E-state index in [-0.39, 0.29) is 11.7 Å². The van der Waals surface area contributed by atoms with Crippen molar-refractivity contribution in [3.63, 3.8) is 0 Å². The maximum atomic E-state index is 10.8. The van der Waals surface area contributed by atoms with Crippen molar-refractivity contribution in [3.05, 3.63) is 0 Å². The van der Waals surface area contributed by atoms with Crippen LogP contribution in [0.5, 0.6) is 0 Å². The van der Waals surface area contributed by atoms with Crippen molar-refractivity contribution in [2.45, 2.75) is 13.0 Å². The van der Waals surface area contributed by atoms with Crippen LogP contribution in [0.2, 0.25) is 0 Å². The van der Waals surface area contributed by atoms with E-state index in [1.54, 1.807) is 0 Å². The van der Waals surface area contributed by atoms with E-state index < -0.39 is 12.0 Å². The van der Waals surface area contributed by atoms with Gasteiger partial charge in [-0.1, -0.05) is 6.92 Å². The molecule has 0 spiro atoms. The molecular formula is C7H13NO3S2. The molecule has 0 rings (SSSR count). The highest BCUT2D eigenvalue weighted by Gasteiger charge is 2.18. The number of aliphatic carboxylic acids is 1. The second-order valence-electron chi connectivity index (χ2n) is 2.28. The van der Waals surface area contributed by atoms with Gasteiger partial charge in [0.15, 0.2) is 0 Å². The van der Waals surface area contributed by atoms with E-state index >= 15 is 0 Å². The van der Waals surface area contributed by atoms with Gasteiger partial charge in [0.25, 0.3) is 0 Å². The van der Waals surface area contributed by atoms with Gasteiger partial charge in [-0.3, -0.25) is 4.79 Å². The Kier molecular flexibility index (Phi) is 6.89. The van der Waals surface area contributed by atoms with Crippen LogP contribution in [0.3, 0.4) is 0 Å². The molecule has 0 aromatic rings. The SMILES string of the molecule is CCSCC(NC(=O)CS)C(=O)O. The Bertz CT molecular complexity index is 187. The molecule has 76 valence electrons. The van der Waals surface area contributed by atoms with Crippen LogP contribution in [0.25, 0.3) is 0 Å². The zero-order valence-electron chi connectivity index (χ0n) is 7.32. The van der Waals surface area contributed by atoms with Crippen molar-refractivity contribution in [2.75, 3.05) is 17.3 Å². The average molecular weight is 223 g/mol. The molecule has 0 saturated carbocycles. The second kappa shape index (κ2) is 7.08. The van der Waals surface area contributed by atoms with Crippen LogP contribution in [0.1, 0.15) is 6.92 Å². The van der Waals surface area contributed by atoms with Gasteiger partial charge < -0.3 is 10.4 Å². The highest BCUT2D eigenvalue weighted by atomic mass is 32.2. The molecule has 0 saturated heterocycles. The number of thiol groups is 1. The highest BCUT2D eigenvalue weighted by molar-refractivity contribution is 7.99. The molecule has 1 unspecified atom stereocenters. The van der Waals surface area contributed by atoms with Gasteiger partial charge in [0.05, 0.1) is 5.75 Å². The Morgan fingerprint density at radius 2 is 2.23 bits per heavy atom. The molecule has 1 atom stereocenters. The van der Waals surface area contributed by atoms with E-state index in [0.29, 0.717) is 5.75 Å². The minimum Gasteiger partial charge on any atom is -0.480 e. The lowest BCUT2D eigenvalue weighted by Crippen LogP contribution is -2.43. The molecule has 0 bridgehead atoms. The fourth-order valence-corrected chi connectivity index (χ4v) is 1.44. The van der Waals surface area contributed by atoms with Crippen molar-refractivity contribution >= 4 is 36.3 Å². The molecule has 0 aliphatic heterocycles. The van der Waals surface area contributed by atoms with Crippen molar-refractivity contribution in [3.8, 4) is 0 Å². The molecule has 13 heavy (non-hydrogen) atoms.